The van der Waals surface area contributed by atoms with Gasteiger partial charge in [-0.1, -0.05) is 32.0 Å². The van der Waals surface area contributed by atoms with Crippen LogP contribution in [0.3, 0.4) is 0 Å². The highest BCUT2D eigenvalue weighted by Gasteiger charge is 2.44. The lowest BCUT2D eigenvalue weighted by molar-refractivity contribution is -0.149. The van der Waals surface area contributed by atoms with Gasteiger partial charge in [-0.05, 0) is 35.1 Å². The fourth-order valence-electron chi connectivity index (χ4n) is 2.90. The molecule has 0 N–H and O–H groups in total. The second kappa shape index (κ2) is 8.79. The minimum absolute atomic E-state index is 0.153. The van der Waals surface area contributed by atoms with Crippen LogP contribution in [-0.4, -0.2) is 35.2 Å². The number of alkyl halides is 3. The maximum absolute atomic E-state index is 13.1. The summed E-state index contributed by atoms with van der Waals surface area (Å²) < 4.78 is 44.0. The lowest BCUT2D eigenvalue weighted by atomic mass is 10.1. The molecule has 2 aromatic rings. The van der Waals surface area contributed by atoms with Gasteiger partial charge in [0, 0.05) is 5.75 Å². The summed E-state index contributed by atoms with van der Waals surface area (Å²) in [5.74, 6) is -0.355. The Morgan fingerprint density at radius 1 is 1.21 bits per heavy atom. The zero-order chi connectivity index (χ0) is 21.2. The van der Waals surface area contributed by atoms with E-state index in [1.165, 1.54) is 40.1 Å². The van der Waals surface area contributed by atoms with Crippen molar-refractivity contribution in [2.75, 3.05) is 12.4 Å². The Bertz CT molecular complexity index is 851. The number of amides is 1. The highest BCUT2D eigenvalue weighted by Crippen LogP contribution is 2.43. The number of ether oxygens (including phenoxy) is 1. The molecule has 1 saturated heterocycles. The molecule has 0 bridgehead atoms. The van der Waals surface area contributed by atoms with Gasteiger partial charge in [-0.15, -0.1) is 23.1 Å². The molecule has 2 atom stereocenters. The van der Waals surface area contributed by atoms with E-state index in [1.54, 1.807) is 17.5 Å². The van der Waals surface area contributed by atoms with Gasteiger partial charge in [0.15, 0.2) is 0 Å². The Hall–Kier alpha value is -2.00. The standard InChI is InChI=1S/C20H20F3NO3S2/c1-12(2)10-27-19(26)15-11-29-18(24(15)17(25)16-4-3-9-28-16)13-5-7-14(8-6-13)20(21,22)23/h3-9,12,15,18H,10-11H2,1-2H3. The van der Waals surface area contributed by atoms with Gasteiger partial charge in [0.2, 0.25) is 0 Å². The molecule has 2 heterocycles. The molecule has 0 radical (unpaired) electrons. The molecule has 1 aromatic heterocycles. The maximum Gasteiger partial charge on any atom is 0.416 e. The van der Waals surface area contributed by atoms with Crippen molar-refractivity contribution in [2.24, 2.45) is 5.92 Å². The van der Waals surface area contributed by atoms with Gasteiger partial charge >= 0.3 is 12.1 Å². The summed E-state index contributed by atoms with van der Waals surface area (Å²) in [6.07, 6.45) is -4.43. The molecule has 0 aliphatic carbocycles. The van der Waals surface area contributed by atoms with Crippen molar-refractivity contribution in [3.05, 3.63) is 57.8 Å². The van der Waals surface area contributed by atoms with Gasteiger partial charge in [-0.2, -0.15) is 13.2 Å². The number of thioether (sulfide) groups is 1. The van der Waals surface area contributed by atoms with Crippen LogP contribution in [0, 0.1) is 5.92 Å². The first kappa shape index (κ1) is 21.7. The van der Waals surface area contributed by atoms with E-state index in [1.807, 2.05) is 13.8 Å². The van der Waals surface area contributed by atoms with E-state index >= 15 is 0 Å². The Kier molecular flexibility index (Phi) is 6.58. The summed E-state index contributed by atoms with van der Waals surface area (Å²) in [6, 6.07) is 7.31. The summed E-state index contributed by atoms with van der Waals surface area (Å²) in [7, 11) is 0. The molecule has 1 amide bonds. The average molecular weight is 444 g/mol. The monoisotopic (exact) mass is 443 g/mol. The molecule has 9 heteroatoms. The number of carbonyl (C=O) groups is 2. The second-order valence-corrected chi connectivity index (χ2v) is 9.10. The normalized spacial score (nSPS) is 19.6. The Labute approximate surface area is 175 Å². The third-order valence-corrected chi connectivity index (χ3v) is 6.50. The van der Waals surface area contributed by atoms with Crippen LogP contribution in [0.1, 0.15) is 40.0 Å². The van der Waals surface area contributed by atoms with Crippen molar-refractivity contribution in [1.29, 1.82) is 0 Å². The van der Waals surface area contributed by atoms with Crippen LogP contribution in [0.4, 0.5) is 13.2 Å². The molecule has 1 fully saturated rings. The van der Waals surface area contributed by atoms with Crippen LogP contribution in [0.5, 0.6) is 0 Å². The second-order valence-electron chi connectivity index (χ2n) is 7.03. The first-order chi connectivity index (χ1) is 13.7. The molecule has 1 aromatic carbocycles. The third kappa shape index (κ3) is 4.95. The van der Waals surface area contributed by atoms with Crippen LogP contribution in [0.15, 0.2) is 41.8 Å². The minimum Gasteiger partial charge on any atom is -0.464 e. The first-order valence-electron chi connectivity index (χ1n) is 9.00. The van der Waals surface area contributed by atoms with E-state index in [4.69, 9.17) is 4.74 Å². The SMILES string of the molecule is CC(C)COC(=O)C1CSC(c2ccc(C(F)(F)F)cc2)N1C(=O)c1cccs1. The van der Waals surface area contributed by atoms with Crippen molar-refractivity contribution in [3.63, 3.8) is 0 Å². The number of esters is 1. The largest absolute Gasteiger partial charge is 0.464 e. The quantitative estimate of drug-likeness (QED) is 0.595. The number of rotatable bonds is 5. The van der Waals surface area contributed by atoms with E-state index in [2.05, 4.69) is 0 Å². The summed E-state index contributed by atoms with van der Waals surface area (Å²) in [5, 5.41) is 1.19. The van der Waals surface area contributed by atoms with Crippen molar-refractivity contribution in [1.82, 2.24) is 4.90 Å². The van der Waals surface area contributed by atoms with E-state index < -0.39 is 29.1 Å². The average Bonchev–Trinajstić information content (AvgIpc) is 3.35. The Morgan fingerprint density at radius 3 is 2.45 bits per heavy atom. The predicted octanol–water partition coefficient (Wildman–Crippen LogP) is 5.22. The number of carbonyl (C=O) groups excluding carboxylic acids is 2. The van der Waals surface area contributed by atoms with Crippen molar-refractivity contribution in [3.8, 4) is 0 Å². The van der Waals surface area contributed by atoms with Crippen LogP contribution in [0.25, 0.3) is 0 Å². The molecule has 1 aliphatic heterocycles. The fourth-order valence-corrected chi connectivity index (χ4v) is 4.98. The molecule has 2 unspecified atom stereocenters. The molecular formula is C20H20F3NO3S2. The van der Waals surface area contributed by atoms with Crippen LogP contribution < -0.4 is 0 Å². The summed E-state index contributed by atoms with van der Waals surface area (Å²) in [5.41, 5.74) is -0.222. The number of hydrogen-bond donors (Lipinski definition) is 0. The zero-order valence-electron chi connectivity index (χ0n) is 15.8. The highest BCUT2D eigenvalue weighted by atomic mass is 32.2. The maximum atomic E-state index is 13.1. The van der Waals surface area contributed by atoms with Crippen LogP contribution in [-0.2, 0) is 15.7 Å². The molecule has 0 saturated carbocycles. The van der Waals surface area contributed by atoms with Crippen molar-refractivity contribution in [2.45, 2.75) is 31.4 Å². The number of hydrogen-bond acceptors (Lipinski definition) is 5. The van der Waals surface area contributed by atoms with Gasteiger partial charge < -0.3 is 9.64 Å². The fraction of sp³-hybridized carbons (Fsp3) is 0.400. The molecule has 156 valence electrons. The van der Waals surface area contributed by atoms with E-state index in [-0.39, 0.29) is 18.4 Å². The van der Waals surface area contributed by atoms with E-state index in [9.17, 15) is 22.8 Å². The van der Waals surface area contributed by atoms with Gasteiger partial charge in [-0.25, -0.2) is 4.79 Å². The van der Waals surface area contributed by atoms with Gasteiger partial charge in [0.05, 0.1) is 17.0 Å². The lowest BCUT2D eigenvalue weighted by Gasteiger charge is -2.28. The van der Waals surface area contributed by atoms with Crippen LogP contribution in [0.2, 0.25) is 0 Å². The molecule has 3 rings (SSSR count). The smallest absolute Gasteiger partial charge is 0.416 e. The number of benzene rings is 1. The zero-order valence-corrected chi connectivity index (χ0v) is 17.4. The molecule has 1 aliphatic rings. The summed E-state index contributed by atoms with van der Waals surface area (Å²) in [4.78, 5) is 27.6. The van der Waals surface area contributed by atoms with E-state index in [0.717, 1.165) is 12.1 Å². The van der Waals surface area contributed by atoms with E-state index in [0.29, 0.717) is 16.2 Å². The van der Waals surface area contributed by atoms with Crippen molar-refractivity contribution >= 4 is 35.0 Å². The number of thiophene rings is 1. The lowest BCUT2D eigenvalue weighted by Crippen LogP contribution is -2.43. The van der Waals surface area contributed by atoms with Crippen molar-refractivity contribution < 1.29 is 27.5 Å². The number of halogens is 3. The number of nitrogens with zero attached hydrogens (tertiary/aromatic N) is 1. The molecular weight excluding hydrogens is 423 g/mol. The third-order valence-electron chi connectivity index (χ3n) is 4.32. The van der Waals surface area contributed by atoms with Crippen LogP contribution >= 0.6 is 23.1 Å². The minimum atomic E-state index is -4.43. The molecule has 29 heavy (non-hydrogen) atoms. The van der Waals surface area contributed by atoms with Gasteiger partial charge in [0.25, 0.3) is 5.91 Å². The molecule has 0 spiro atoms. The first-order valence-corrected chi connectivity index (χ1v) is 10.9. The summed E-state index contributed by atoms with van der Waals surface area (Å²) >= 11 is 2.59. The Balaban J connectivity index is 1.89. The van der Waals surface area contributed by atoms with Gasteiger partial charge in [-0.3, -0.25) is 4.79 Å². The topological polar surface area (TPSA) is 46.6 Å². The highest BCUT2D eigenvalue weighted by molar-refractivity contribution is 7.99. The molecule has 4 nitrogen and oxygen atoms in total. The summed E-state index contributed by atoms with van der Waals surface area (Å²) in [6.45, 7) is 4.07. The Morgan fingerprint density at radius 2 is 1.90 bits per heavy atom. The van der Waals surface area contributed by atoms with Gasteiger partial charge in [0.1, 0.15) is 11.4 Å². The predicted molar refractivity (Wildman–Crippen MR) is 107 cm³/mol.